The van der Waals surface area contributed by atoms with Crippen LogP contribution < -0.4 is 21.8 Å². The molecule has 0 aliphatic carbocycles. The van der Waals surface area contributed by atoms with Crippen LogP contribution in [0.2, 0.25) is 5.02 Å². The molecule has 4 aromatic rings. The first-order chi connectivity index (χ1) is 15.6. The summed E-state index contributed by atoms with van der Waals surface area (Å²) in [5, 5.41) is 4.14. The summed E-state index contributed by atoms with van der Waals surface area (Å²) in [5.41, 5.74) is 17.8. The molecule has 6 N–H and O–H groups in total. The maximum atomic E-state index is 6.26. The Hall–Kier alpha value is -3.61. The van der Waals surface area contributed by atoms with Crippen molar-refractivity contribution >= 4 is 29.1 Å². The zero-order valence-electron chi connectivity index (χ0n) is 17.5. The van der Waals surface area contributed by atoms with Gasteiger partial charge in [-0.3, -0.25) is 0 Å². The number of nitrogens with two attached hydrogens (primary N) is 2. The van der Waals surface area contributed by atoms with Crippen molar-refractivity contribution in [2.24, 2.45) is 0 Å². The molecule has 1 aromatic heterocycles. The number of hydrogen-bond donors (Lipinski definition) is 3. The van der Waals surface area contributed by atoms with Crippen LogP contribution in [0.25, 0.3) is 11.1 Å². The van der Waals surface area contributed by atoms with Crippen molar-refractivity contribution < 1.29 is 9.72 Å². The molecule has 0 saturated heterocycles. The molecule has 162 valence electrons. The number of rotatable bonds is 8. The summed E-state index contributed by atoms with van der Waals surface area (Å²) in [6, 6.07) is 25.8. The fourth-order valence-electron chi connectivity index (χ4n) is 3.41. The van der Waals surface area contributed by atoms with Crippen LogP contribution in [0.1, 0.15) is 16.8 Å². The molecule has 0 bridgehead atoms. The van der Waals surface area contributed by atoms with Crippen molar-refractivity contribution in [3.05, 3.63) is 101 Å². The highest BCUT2D eigenvalue weighted by atomic mass is 35.5. The molecule has 0 saturated carbocycles. The summed E-state index contributed by atoms with van der Waals surface area (Å²) in [7, 11) is 0. The lowest BCUT2D eigenvalue weighted by Crippen LogP contribution is -2.21. The fourth-order valence-corrected chi connectivity index (χ4v) is 3.54. The van der Waals surface area contributed by atoms with Crippen molar-refractivity contribution in [3.63, 3.8) is 0 Å². The molecule has 3 aromatic carbocycles. The molecule has 0 unspecified atom stereocenters. The van der Waals surface area contributed by atoms with E-state index in [9.17, 15) is 0 Å². The van der Waals surface area contributed by atoms with Gasteiger partial charge in [0.05, 0.1) is 12.2 Å². The van der Waals surface area contributed by atoms with Gasteiger partial charge in [0.15, 0.2) is 0 Å². The molecule has 0 spiro atoms. The number of H-pyrrole nitrogens is 1. The smallest absolute Gasteiger partial charge is 0.342 e. The van der Waals surface area contributed by atoms with Crippen LogP contribution in [-0.4, -0.2) is 4.98 Å². The van der Waals surface area contributed by atoms with Gasteiger partial charge in [0.2, 0.25) is 5.82 Å². The summed E-state index contributed by atoms with van der Waals surface area (Å²) in [4.78, 5) is 7.35. The Bertz CT molecular complexity index is 1170. The van der Waals surface area contributed by atoms with Gasteiger partial charge in [0.25, 0.3) is 0 Å². The van der Waals surface area contributed by atoms with E-state index in [0.29, 0.717) is 31.3 Å². The second-order valence-corrected chi connectivity index (χ2v) is 7.83. The van der Waals surface area contributed by atoms with E-state index in [1.165, 1.54) is 0 Å². The monoisotopic (exact) mass is 446 g/mol. The lowest BCUT2D eigenvalue weighted by atomic mass is 10.0. The minimum absolute atomic E-state index is 0.255. The fraction of sp³-hybridized carbons (Fsp3) is 0.120. The lowest BCUT2D eigenvalue weighted by Gasteiger charge is -2.11. The number of nitrogens with one attached hydrogen (secondary N) is 2. The number of ether oxygens (including phenoxy) is 1. The number of nitrogen functional groups attached to an aromatic ring is 2. The number of hydrogen-bond acceptors (Lipinski definition) is 5. The maximum absolute atomic E-state index is 6.26. The Labute approximate surface area is 192 Å². The van der Waals surface area contributed by atoms with Gasteiger partial charge in [0.1, 0.15) is 12.3 Å². The number of benzene rings is 3. The summed E-state index contributed by atoms with van der Waals surface area (Å²) < 4.78 is 5.89. The molecule has 0 atom stereocenters. The summed E-state index contributed by atoms with van der Waals surface area (Å²) in [5.74, 6) is 0.712. The summed E-state index contributed by atoms with van der Waals surface area (Å²) >= 11 is 5.95. The van der Waals surface area contributed by atoms with Crippen LogP contribution in [0.3, 0.4) is 0 Å². The third kappa shape index (κ3) is 5.55. The molecular weight excluding hydrogens is 422 g/mol. The third-order valence-corrected chi connectivity index (χ3v) is 5.26. The van der Waals surface area contributed by atoms with Crippen LogP contribution in [0.4, 0.5) is 17.5 Å². The third-order valence-electron chi connectivity index (χ3n) is 5.01. The predicted molar refractivity (Wildman–Crippen MR) is 129 cm³/mol. The Morgan fingerprint density at radius 3 is 2.28 bits per heavy atom. The van der Waals surface area contributed by atoms with Crippen molar-refractivity contribution in [1.29, 1.82) is 0 Å². The second kappa shape index (κ2) is 10.1. The minimum Gasteiger partial charge on any atom is -0.381 e. The number of nitrogens with zero attached hydrogens (tertiary/aromatic N) is 1. The van der Waals surface area contributed by atoms with Gasteiger partial charge < -0.3 is 21.5 Å². The Morgan fingerprint density at radius 1 is 0.844 bits per heavy atom. The van der Waals surface area contributed by atoms with Crippen LogP contribution in [0.5, 0.6) is 0 Å². The van der Waals surface area contributed by atoms with Crippen LogP contribution in [0.15, 0.2) is 78.9 Å². The van der Waals surface area contributed by atoms with Crippen molar-refractivity contribution in [1.82, 2.24) is 4.98 Å². The van der Waals surface area contributed by atoms with E-state index in [4.69, 9.17) is 27.8 Å². The first-order valence-corrected chi connectivity index (χ1v) is 10.6. The molecule has 0 fully saturated rings. The molecular formula is C25H25ClN5O+. The second-order valence-electron chi connectivity index (χ2n) is 7.39. The van der Waals surface area contributed by atoms with Gasteiger partial charge in [-0.15, -0.1) is 4.98 Å². The summed E-state index contributed by atoms with van der Waals surface area (Å²) in [6.07, 6.45) is 0. The zero-order chi connectivity index (χ0) is 22.3. The van der Waals surface area contributed by atoms with Gasteiger partial charge >= 0.3 is 5.95 Å². The number of aromatic amines is 1. The average molecular weight is 447 g/mol. The highest BCUT2D eigenvalue weighted by Crippen LogP contribution is 2.28. The van der Waals surface area contributed by atoms with Crippen LogP contribution in [-0.2, 0) is 24.5 Å². The van der Waals surface area contributed by atoms with Crippen molar-refractivity contribution in [2.45, 2.75) is 19.8 Å². The van der Waals surface area contributed by atoms with E-state index in [2.05, 4.69) is 15.3 Å². The van der Waals surface area contributed by atoms with Crippen molar-refractivity contribution in [2.75, 3.05) is 16.8 Å². The Kier molecular flexibility index (Phi) is 6.84. The van der Waals surface area contributed by atoms with E-state index < -0.39 is 0 Å². The minimum atomic E-state index is 0.255. The number of aromatic nitrogens is 2. The largest absolute Gasteiger partial charge is 0.381 e. The molecule has 1 heterocycles. The standard InChI is InChI=1S/C25H24ClN5O/c26-20-10-6-17(7-11-20)14-29-21-12-8-19(9-13-21)23-22(30-25(28)31-24(23)27)16-32-15-18-4-2-1-3-5-18/h1-13,29H,14-16H2,(H4,27,28,30,31)/p+1. The quantitative estimate of drug-likeness (QED) is 0.364. The molecule has 0 aliphatic heterocycles. The van der Waals surface area contributed by atoms with Gasteiger partial charge in [0, 0.05) is 17.3 Å². The molecule has 4 rings (SSSR count). The number of anilines is 3. The molecule has 0 aliphatic rings. The Balaban J connectivity index is 1.47. The van der Waals surface area contributed by atoms with E-state index in [-0.39, 0.29) is 5.95 Å². The van der Waals surface area contributed by atoms with Crippen molar-refractivity contribution in [3.8, 4) is 11.1 Å². The van der Waals surface area contributed by atoms with E-state index >= 15 is 0 Å². The van der Waals surface area contributed by atoms with Gasteiger partial charge in [-0.2, -0.15) is 0 Å². The van der Waals surface area contributed by atoms with E-state index in [0.717, 1.165) is 33.0 Å². The highest BCUT2D eigenvalue weighted by molar-refractivity contribution is 6.30. The molecule has 7 heteroatoms. The van der Waals surface area contributed by atoms with Crippen LogP contribution >= 0.6 is 11.6 Å². The van der Waals surface area contributed by atoms with Gasteiger partial charge in [-0.25, -0.2) is 4.98 Å². The van der Waals surface area contributed by atoms with E-state index in [1.807, 2.05) is 78.9 Å². The normalized spacial score (nSPS) is 10.8. The van der Waals surface area contributed by atoms with E-state index in [1.54, 1.807) is 0 Å². The highest BCUT2D eigenvalue weighted by Gasteiger charge is 2.18. The van der Waals surface area contributed by atoms with Crippen LogP contribution in [0, 0.1) is 0 Å². The van der Waals surface area contributed by atoms with Gasteiger partial charge in [-0.05, 0) is 41.0 Å². The maximum Gasteiger partial charge on any atom is 0.342 e. The SMILES string of the molecule is Nc1nc(COCc2ccccc2)c(-c2ccc(NCc3ccc(Cl)cc3)cc2)c(N)[nH+]1. The predicted octanol–water partition coefficient (Wildman–Crippen LogP) is 4.71. The first-order valence-electron chi connectivity index (χ1n) is 10.3. The Morgan fingerprint density at radius 2 is 1.56 bits per heavy atom. The average Bonchev–Trinajstić information content (AvgIpc) is 2.80. The molecule has 0 radical (unpaired) electrons. The topological polar surface area (TPSA) is 100 Å². The zero-order valence-corrected chi connectivity index (χ0v) is 18.3. The molecule has 6 nitrogen and oxygen atoms in total. The molecule has 32 heavy (non-hydrogen) atoms. The lowest BCUT2D eigenvalue weighted by molar-refractivity contribution is -0.346. The number of halogens is 1. The first kappa shape index (κ1) is 21.6. The summed E-state index contributed by atoms with van der Waals surface area (Å²) in [6.45, 7) is 1.48. The van der Waals surface area contributed by atoms with Gasteiger partial charge in [-0.1, -0.05) is 66.2 Å². The molecule has 0 amide bonds.